The fourth-order valence-corrected chi connectivity index (χ4v) is 2.75. The van der Waals surface area contributed by atoms with Gasteiger partial charge in [-0.15, -0.1) is 12.4 Å². The van der Waals surface area contributed by atoms with Crippen LogP contribution in [0, 0.1) is 5.82 Å². The summed E-state index contributed by atoms with van der Waals surface area (Å²) in [6, 6.07) is 5.88. The van der Waals surface area contributed by atoms with Crippen LogP contribution in [0.1, 0.15) is 37.2 Å². The van der Waals surface area contributed by atoms with Gasteiger partial charge in [-0.1, -0.05) is 13.8 Å². The van der Waals surface area contributed by atoms with Gasteiger partial charge < -0.3 is 11.1 Å². The Balaban J connectivity index is 0.00000288. The Bertz CT molecular complexity index is 678. The first-order chi connectivity index (χ1) is 10.9. The number of aromatic nitrogens is 2. The van der Waals surface area contributed by atoms with Crippen molar-refractivity contribution in [2.24, 2.45) is 5.73 Å². The highest BCUT2D eigenvalue weighted by molar-refractivity contribution is 9.10. The quantitative estimate of drug-likeness (QED) is 0.753. The number of carbonyl (C=O) groups excluding carboxylic acids is 1. The van der Waals surface area contributed by atoms with E-state index in [0.29, 0.717) is 16.7 Å². The van der Waals surface area contributed by atoms with E-state index in [9.17, 15) is 9.18 Å². The van der Waals surface area contributed by atoms with E-state index in [2.05, 4.69) is 26.3 Å². The minimum atomic E-state index is -0.434. The zero-order valence-corrected chi connectivity index (χ0v) is 16.0. The molecule has 0 aliphatic rings. The number of benzene rings is 1. The maximum atomic E-state index is 13.0. The number of hydrogen-bond acceptors (Lipinski definition) is 3. The molecular formula is C16H21BrClFN4O. The van der Waals surface area contributed by atoms with Gasteiger partial charge >= 0.3 is 0 Å². The van der Waals surface area contributed by atoms with Gasteiger partial charge in [-0.3, -0.25) is 4.79 Å². The average molecular weight is 420 g/mol. The molecule has 0 aliphatic carbocycles. The van der Waals surface area contributed by atoms with Gasteiger partial charge in [0, 0.05) is 12.7 Å². The highest BCUT2D eigenvalue weighted by Crippen LogP contribution is 2.20. The number of nitrogens with one attached hydrogen (secondary N) is 1. The van der Waals surface area contributed by atoms with Crippen LogP contribution in [0.4, 0.5) is 4.39 Å². The zero-order valence-electron chi connectivity index (χ0n) is 13.6. The molecule has 3 N–H and O–H groups in total. The number of rotatable bonds is 6. The Morgan fingerprint density at radius 3 is 2.42 bits per heavy atom. The Morgan fingerprint density at radius 1 is 1.33 bits per heavy atom. The third-order valence-corrected chi connectivity index (χ3v) is 4.68. The van der Waals surface area contributed by atoms with E-state index in [-0.39, 0.29) is 29.8 Å². The molecule has 0 spiro atoms. The molecule has 1 heterocycles. The second kappa shape index (κ2) is 8.60. The number of carbonyl (C=O) groups is 1. The Labute approximate surface area is 155 Å². The fraction of sp³-hybridized carbons (Fsp3) is 0.375. The molecule has 1 amide bonds. The Kier molecular flexibility index (Phi) is 7.38. The lowest BCUT2D eigenvalue weighted by Crippen LogP contribution is -2.53. The van der Waals surface area contributed by atoms with Crippen LogP contribution in [-0.2, 0) is 0 Å². The first kappa shape index (κ1) is 20.6. The summed E-state index contributed by atoms with van der Waals surface area (Å²) in [6.45, 7) is 4.34. The topological polar surface area (TPSA) is 72.9 Å². The van der Waals surface area contributed by atoms with Crippen LogP contribution in [0.3, 0.4) is 0 Å². The molecular weight excluding hydrogens is 399 g/mol. The molecule has 0 aliphatic heterocycles. The summed E-state index contributed by atoms with van der Waals surface area (Å²) in [5, 5.41) is 7.27. The smallest absolute Gasteiger partial charge is 0.273 e. The van der Waals surface area contributed by atoms with E-state index in [0.717, 1.165) is 12.8 Å². The predicted octanol–water partition coefficient (Wildman–Crippen LogP) is 3.44. The molecule has 2 aromatic rings. The van der Waals surface area contributed by atoms with Gasteiger partial charge in [-0.2, -0.15) is 5.10 Å². The molecule has 0 bridgehead atoms. The lowest BCUT2D eigenvalue weighted by atomic mass is 9.93. The van der Waals surface area contributed by atoms with Crippen LogP contribution < -0.4 is 11.1 Å². The molecule has 1 aromatic heterocycles. The van der Waals surface area contributed by atoms with E-state index in [4.69, 9.17) is 5.73 Å². The van der Waals surface area contributed by atoms with Crippen molar-refractivity contribution in [2.75, 3.05) is 6.54 Å². The van der Waals surface area contributed by atoms with Crippen LogP contribution in [-0.4, -0.2) is 27.8 Å². The van der Waals surface area contributed by atoms with E-state index in [1.165, 1.54) is 16.8 Å². The fourth-order valence-electron chi connectivity index (χ4n) is 2.30. The van der Waals surface area contributed by atoms with Gasteiger partial charge in [0.15, 0.2) is 5.69 Å². The lowest BCUT2D eigenvalue weighted by Gasteiger charge is -2.31. The summed E-state index contributed by atoms with van der Waals surface area (Å²) >= 11 is 3.35. The summed E-state index contributed by atoms with van der Waals surface area (Å²) in [7, 11) is 0. The Hall–Kier alpha value is -1.44. The van der Waals surface area contributed by atoms with Crippen molar-refractivity contribution < 1.29 is 9.18 Å². The van der Waals surface area contributed by atoms with Gasteiger partial charge in [-0.25, -0.2) is 9.07 Å². The standard InChI is InChI=1S/C16H20BrFN4O.ClH/c1-3-16(4-2,10-19)20-15(23)14-13(17)9-22(21-14)12-7-5-11(18)6-8-12;/h5-9H,3-4,10,19H2,1-2H3,(H,20,23);1H. The molecule has 0 radical (unpaired) electrons. The van der Waals surface area contributed by atoms with Gasteiger partial charge in [0.25, 0.3) is 5.91 Å². The maximum Gasteiger partial charge on any atom is 0.273 e. The summed E-state index contributed by atoms with van der Waals surface area (Å²) < 4.78 is 15.1. The molecule has 2 rings (SSSR count). The SMILES string of the molecule is CCC(CC)(CN)NC(=O)c1nn(-c2ccc(F)cc2)cc1Br.Cl. The zero-order chi connectivity index (χ0) is 17.0. The molecule has 0 saturated carbocycles. The number of hydrogen-bond donors (Lipinski definition) is 2. The van der Waals surface area contributed by atoms with E-state index < -0.39 is 5.54 Å². The molecule has 0 fully saturated rings. The number of nitrogens with zero attached hydrogens (tertiary/aromatic N) is 2. The molecule has 0 atom stereocenters. The highest BCUT2D eigenvalue weighted by Gasteiger charge is 2.28. The average Bonchev–Trinajstić information content (AvgIpc) is 2.95. The predicted molar refractivity (Wildman–Crippen MR) is 98.3 cm³/mol. The summed E-state index contributed by atoms with van der Waals surface area (Å²) in [6.07, 6.45) is 3.15. The van der Waals surface area contributed by atoms with Gasteiger partial charge in [-0.05, 0) is 53.0 Å². The second-order valence-electron chi connectivity index (χ2n) is 5.39. The van der Waals surface area contributed by atoms with Crippen LogP contribution in [0.25, 0.3) is 5.69 Å². The van der Waals surface area contributed by atoms with Crippen molar-refractivity contribution in [3.05, 3.63) is 46.4 Å². The van der Waals surface area contributed by atoms with E-state index in [1.54, 1.807) is 18.3 Å². The monoisotopic (exact) mass is 418 g/mol. The molecule has 24 heavy (non-hydrogen) atoms. The summed E-state index contributed by atoms with van der Waals surface area (Å²) in [5.41, 5.74) is 6.32. The van der Waals surface area contributed by atoms with Crippen LogP contribution in [0.2, 0.25) is 0 Å². The number of halogens is 3. The molecule has 1 aromatic carbocycles. The van der Waals surface area contributed by atoms with Crippen molar-refractivity contribution in [2.45, 2.75) is 32.2 Å². The van der Waals surface area contributed by atoms with Crippen molar-refractivity contribution in [1.29, 1.82) is 0 Å². The largest absolute Gasteiger partial charge is 0.344 e. The molecule has 0 saturated heterocycles. The van der Waals surface area contributed by atoms with Crippen molar-refractivity contribution in [1.82, 2.24) is 15.1 Å². The Morgan fingerprint density at radius 2 is 1.92 bits per heavy atom. The lowest BCUT2D eigenvalue weighted by molar-refractivity contribution is 0.0889. The van der Waals surface area contributed by atoms with Gasteiger partial charge in [0.05, 0.1) is 15.7 Å². The minimum absolute atomic E-state index is 0. The van der Waals surface area contributed by atoms with Crippen molar-refractivity contribution in [3.63, 3.8) is 0 Å². The third kappa shape index (κ3) is 4.34. The van der Waals surface area contributed by atoms with E-state index in [1.807, 2.05) is 13.8 Å². The molecule has 5 nitrogen and oxygen atoms in total. The van der Waals surface area contributed by atoms with Crippen molar-refractivity contribution in [3.8, 4) is 5.69 Å². The summed E-state index contributed by atoms with van der Waals surface area (Å²) in [5.74, 6) is -0.608. The van der Waals surface area contributed by atoms with Gasteiger partial charge in [0.1, 0.15) is 5.82 Å². The van der Waals surface area contributed by atoms with Gasteiger partial charge in [0.2, 0.25) is 0 Å². The third-order valence-electron chi connectivity index (χ3n) is 4.10. The van der Waals surface area contributed by atoms with E-state index >= 15 is 0 Å². The first-order valence-electron chi connectivity index (χ1n) is 7.48. The highest BCUT2D eigenvalue weighted by atomic mass is 79.9. The van der Waals surface area contributed by atoms with Crippen LogP contribution in [0.15, 0.2) is 34.9 Å². The maximum absolute atomic E-state index is 13.0. The molecule has 0 unspecified atom stereocenters. The molecule has 8 heteroatoms. The first-order valence-corrected chi connectivity index (χ1v) is 8.27. The second-order valence-corrected chi connectivity index (χ2v) is 6.25. The van der Waals surface area contributed by atoms with Crippen LogP contribution >= 0.6 is 28.3 Å². The summed E-state index contributed by atoms with van der Waals surface area (Å²) in [4.78, 5) is 12.5. The minimum Gasteiger partial charge on any atom is -0.344 e. The normalized spacial score (nSPS) is 11.0. The van der Waals surface area contributed by atoms with Crippen LogP contribution in [0.5, 0.6) is 0 Å². The molecule has 132 valence electrons. The van der Waals surface area contributed by atoms with Crippen molar-refractivity contribution >= 4 is 34.2 Å². The number of amides is 1. The number of nitrogens with two attached hydrogens (primary N) is 1.